The standard InChI is InChI=1S/C13H24N4O2.HI/c1-4-7-15-12(14-5-2)16-8-10-17(11-9-16)13(18)19-6-3;/h4H,1,5-11H2,2-3H3,(H,14,15);1H. The molecule has 0 saturated carbocycles. The van der Waals surface area contributed by atoms with E-state index in [1.54, 1.807) is 11.0 Å². The van der Waals surface area contributed by atoms with Crippen molar-refractivity contribution in [3.05, 3.63) is 12.7 Å². The van der Waals surface area contributed by atoms with Crippen LogP contribution in [-0.4, -0.2) is 67.7 Å². The van der Waals surface area contributed by atoms with E-state index in [0.29, 0.717) is 26.2 Å². The number of amides is 1. The van der Waals surface area contributed by atoms with Crippen molar-refractivity contribution in [3.63, 3.8) is 0 Å². The minimum absolute atomic E-state index is 0. The first-order valence-electron chi connectivity index (χ1n) is 6.78. The molecule has 1 heterocycles. The maximum absolute atomic E-state index is 11.6. The third-order valence-electron chi connectivity index (χ3n) is 2.81. The van der Waals surface area contributed by atoms with Crippen LogP contribution in [0.2, 0.25) is 0 Å². The molecule has 6 nitrogen and oxygen atoms in total. The molecule has 1 N–H and O–H groups in total. The van der Waals surface area contributed by atoms with Gasteiger partial charge < -0.3 is 19.9 Å². The van der Waals surface area contributed by atoms with Gasteiger partial charge in [0.15, 0.2) is 5.96 Å². The highest BCUT2D eigenvalue weighted by Crippen LogP contribution is 2.04. The number of carbonyl (C=O) groups is 1. The average Bonchev–Trinajstić information content (AvgIpc) is 2.44. The van der Waals surface area contributed by atoms with E-state index in [9.17, 15) is 4.79 Å². The zero-order valence-corrected chi connectivity index (χ0v) is 14.6. The minimum atomic E-state index is -0.227. The summed E-state index contributed by atoms with van der Waals surface area (Å²) in [7, 11) is 0. The van der Waals surface area contributed by atoms with Crippen LogP contribution in [0, 0.1) is 0 Å². The molecule has 20 heavy (non-hydrogen) atoms. The fourth-order valence-electron chi connectivity index (χ4n) is 1.89. The molecular weight excluding hydrogens is 371 g/mol. The molecule has 7 heteroatoms. The van der Waals surface area contributed by atoms with Gasteiger partial charge in [-0.1, -0.05) is 6.08 Å². The number of aliphatic imine (C=N–C) groups is 1. The van der Waals surface area contributed by atoms with Crippen molar-refractivity contribution in [3.8, 4) is 0 Å². The van der Waals surface area contributed by atoms with Crippen molar-refractivity contribution in [2.24, 2.45) is 4.99 Å². The summed E-state index contributed by atoms with van der Waals surface area (Å²) in [5, 5.41) is 3.25. The third kappa shape index (κ3) is 5.98. The molecule has 0 aliphatic carbocycles. The quantitative estimate of drug-likeness (QED) is 0.339. The average molecular weight is 396 g/mol. The Bertz CT molecular complexity index is 328. The van der Waals surface area contributed by atoms with E-state index in [1.165, 1.54) is 0 Å². The first-order chi connectivity index (χ1) is 9.22. The fourth-order valence-corrected chi connectivity index (χ4v) is 1.89. The van der Waals surface area contributed by atoms with Crippen molar-refractivity contribution in [1.29, 1.82) is 0 Å². The summed E-state index contributed by atoms with van der Waals surface area (Å²) in [6.45, 7) is 12.2. The van der Waals surface area contributed by atoms with Crippen molar-refractivity contribution in [2.45, 2.75) is 13.8 Å². The van der Waals surface area contributed by atoms with Gasteiger partial charge in [0.1, 0.15) is 0 Å². The zero-order chi connectivity index (χ0) is 14.1. The van der Waals surface area contributed by atoms with Crippen LogP contribution >= 0.6 is 24.0 Å². The van der Waals surface area contributed by atoms with Crippen LogP contribution in [0.1, 0.15) is 13.8 Å². The van der Waals surface area contributed by atoms with Crippen molar-refractivity contribution in [1.82, 2.24) is 15.1 Å². The summed E-state index contributed by atoms with van der Waals surface area (Å²) in [6.07, 6.45) is 1.54. The molecule has 0 unspecified atom stereocenters. The number of halogens is 1. The van der Waals surface area contributed by atoms with E-state index in [0.717, 1.165) is 25.6 Å². The highest BCUT2D eigenvalue weighted by molar-refractivity contribution is 14.0. The van der Waals surface area contributed by atoms with Gasteiger partial charge in [0, 0.05) is 32.7 Å². The van der Waals surface area contributed by atoms with Crippen molar-refractivity contribution < 1.29 is 9.53 Å². The Morgan fingerprint density at radius 1 is 1.30 bits per heavy atom. The topological polar surface area (TPSA) is 57.2 Å². The van der Waals surface area contributed by atoms with Crippen molar-refractivity contribution in [2.75, 3.05) is 45.9 Å². The molecule has 1 rings (SSSR count). The molecule has 1 amide bonds. The lowest BCUT2D eigenvalue weighted by atomic mass is 10.3. The normalized spacial score (nSPS) is 15.4. The van der Waals surface area contributed by atoms with E-state index in [1.807, 2.05) is 13.8 Å². The lowest BCUT2D eigenvalue weighted by Crippen LogP contribution is -2.53. The minimum Gasteiger partial charge on any atom is -0.450 e. The molecule has 1 fully saturated rings. The third-order valence-corrected chi connectivity index (χ3v) is 2.81. The van der Waals surface area contributed by atoms with Crippen LogP contribution in [0.3, 0.4) is 0 Å². The molecule has 0 bridgehead atoms. The zero-order valence-electron chi connectivity index (χ0n) is 12.3. The second-order valence-electron chi connectivity index (χ2n) is 4.16. The molecule has 0 atom stereocenters. The van der Waals surface area contributed by atoms with Gasteiger partial charge in [0.05, 0.1) is 13.2 Å². The SMILES string of the molecule is C=CCN=C(NCC)N1CCN(C(=O)OCC)CC1.I. The highest BCUT2D eigenvalue weighted by Gasteiger charge is 2.23. The van der Waals surface area contributed by atoms with E-state index in [-0.39, 0.29) is 30.1 Å². The molecule has 1 saturated heterocycles. The molecule has 0 aromatic rings. The van der Waals surface area contributed by atoms with Crippen molar-refractivity contribution >= 4 is 36.0 Å². The van der Waals surface area contributed by atoms with Gasteiger partial charge in [-0.25, -0.2) is 9.79 Å². The number of hydrogen-bond donors (Lipinski definition) is 1. The van der Waals surface area contributed by atoms with Crippen LogP contribution in [0.15, 0.2) is 17.6 Å². The number of hydrogen-bond acceptors (Lipinski definition) is 3. The Morgan fingerprint density at radius 3 is 2.40 bits per heavy atom. The fraction of sp³-hybridized carbons (Fsp3) is 0.692. The van der Waals surface area contributed by atoms with Crippen LogP contribution in [-0.2, 0) is 4.74 Å². The number of ether oxygens (including phenoxy) is 1. The number of rotatable bonds is 4. The van der Waals surface area contributed by atoms with Crippen LogP contribution in [0.4, 0.5) is 4.79 Å². The van der Waals surface area contributed by atoms with Gasteiger partial charge >= 0.3 is 6.09 Å². The molecule has 1 aliphatic heterocycles. The van der Waals surface area contributed by atoms with Gasteiger partial charge in [0.25, 0.3) is 0 Å². The number of carbonyl (C=O) groups excluding carboxylic acids is 1. The Balaban J connectivity index is 0.00000361. The maximum atomic E-state index is 11.6. The van der Waals surface area contributed by atoms with Crippen LogP contribution in [0.25, 0.3) is 0 Å². The summed E-state index contributed by atoms with van der Waals surface area (Å²) >= 11 is 0. The number of piperazine rings is 1. The number of guanidine groups is 1. The summed E-state index contributed by atoms with van der Waals surface area (Å²) in [5.74, 6) is 0.880. The Kier molecular flexibility index (Phi) is 10.2. The largest absolute Gasteiger partial charge is 0.450 e. The summed E-state index contributed by atoms with van der Waals surface area (Å²) in [6, 6.07) is 0. The predicted molar refractivity (Wildman–Crippen MR) is 91.8 cm³/mol. The molecule has 0 aromatic heterocycles. The van der Waals surface area contributed by atoms with E-state index in [2.05, 4.69) is 21.8 Å². The van der Waals surface area contributed by atoms with Crippen LogP contribution in [0.5, 0.6) is 0 Å². The molecule has 1 aliphatic rings. The lowest BCUT2D eigenvalue weighted by Gasteiger charge is -2.35. The van der Waals surface area contributed by atoms with Gasteiger partial charge in [-0.15, -0.1) is 30.6 Å². The Morgan fingerprint density at radius 2 is 1.90 bits per heavy atom. The van der Waals surface area contributed by atoms with Gasteiger partial charge in [-0.2, -0.15) is 0 Å². The summed E-state index contributed by atoms with van der Waals surface area (Å²) in [4.78, 5) is 19.9. The van der Waals surface area contributed by atoms with Gasteiger partial charge in [-0.05, 0) is 13.8 Å². The molecular formula is C13H25IN4O2. The maximum Gasteiger partial charge on any atom is 0.409 e. The molecule has 116 valence electrons. The number of nitrogens with one attached hydrogen (secondary N) is 1. The monoisotopic (exact) mass is 396 g/mol. The summed E-state index contributed by atoms with van der Waals surface area (Å²) < 4.78 is 5.00. The van der Waals surface area contributed by atoms with Crippen LogP contribution < -0.4 is 5.32 Å². The first kappa shape index (κ1) is 19.0. The Hall–Kier alpha value is -0.990. The predicted octanol–water partition coefficient (Wildman–Crippen LogP) is 1.53. The van der Waals surface area contributed by atoms with E-state index in [4.69, 9.17) is 4.74 Å². The van der Waals surface area contributed by atoms with E-state index < -0.39 is 0 Å². The number of nitrogens with zero attached hydrogens (tertiary/aromatic N) is 3. The second kappa shape index (κ2) is 10.8. The van der Waals surface area contributed by atoms with Gasteiger partial charge in [0.2, 0.25) is 0 Å². The first-order valence-corrected chi connectivity index (χ1v) is 6.78. The molecule has 0 spiro atoms. The molecule has 0 aromatic carbocycles. The summed E-state index contributed by atoms with van der Waals surface area (Å²) in [5.41, 5.74) is 0. The Labute approximate surface area is 138 Å². The van der Waals surface area contributed by atoms with E-state index >= 15 is 0 Å². The highest BCUT2D eigenvalue weighted by atomic mass is 127. The lowest BCUT2D eigenvalue weighted by molar-refractivity contribution is 0.0914. The smallest absolute Gasteiger partial charge is 0.409 e. The molecule has 0 radical (unpaired) electrons. The van der Waals surface area contributed by atoms with Gasteiger partial charge in [-0.3, -0.25) is 0 Å². The second-order valence-corrected chi connectivity index (χ2v) is 4.16.